The number of hydrogen-bond donors (Lipinski definition) is 1. The number of carbonyl (C=O) groups is 1. The predicted octanol–water partition coefficient (Wildman–Crippen LogP) is 1.86. The molecule has 1 aliphatic rings. The van der Waals surface area contributed by atoms with Crippen LogP contribution in [0, 0.1) is 10.8 Å². The van der Waals surface area contributed by atoms with Gasteiger partial charge in [0.25, 0.3) is 0 Å². The molecule has 3 heteroatoms. The molecule has 0 saturated carbocycles. The van der Waals surface area contributed by atoms with Crippen molar-refractivity contribution in [3.05, 3.63) is 11.6 Å². The van der Waals surface area contributed by atoms with Crippen molar-refractivity contribution in [1.29, 1.82) is 0 Å². The summed E-state index contributed by atoms with van der Waals surface area (Å²) in [7, 11) is 0. The highest BCUT2D eigenvalue weighted by Gasteiger charge is 2.50. The molecule has 0 saturated heterocycles. The van der Waals surface area contributed by atoms with Gasteiger partial charge in [-0.2, -0.15) is 0 Å². The van der Waals surface area contributed by atoms with Gasteiger partial charge in [-0.3, -0.25) is 0 Å². The van der Waals surface area contributed by atoms with Gasteiger partial charge in [-0.25, -0.2) is 9.90 Å². The summed E-state index contributed by atoms with van der Waals surface area (Å²) in [6.45, 7) is 6.95. The van der Waals surface area contributed by atoms with Crippen molar-refractivity contribution in [1.82, 2.24) is 0 Å². The lowest BCUT2D eigenvalue weighted by molar-refractivity contribution is -0.135. The van der Waals surface area contributed by atoms with Crippen molar-refractivity contribution < 1.29 is 15.0 Å². The van der Waals surface area contributed by atoms with E-state index in [4.69, 9.17) is 5.11 Å². The molecule has 0 amide bonds. The summed E-state index contributed by atoms with van der Waals surface area (Å²) < 4.78 is 0. The highest BCUT2D eigenvalue weighted by molar-refractivity contribution is 5.89. The number of carboxylic acid groups (broad SMARTS) is 1. The predicted molar refractivity (Wildman–Crippen MR) is 47.8 cm³/mol. The average Bonchev–Trinajstić information content (AvgIpc) is 2.11. The maximum absolute atomic E-state index is 11.8. The van der Waals surface area contributed by atoms with E-state index in [2.05, 4.69) is 0 Å². The van der Waals surface area contributed by atoms with Crippen molar-refractivity contribution in [3.8, 4) is 0 Å². The Morgan fingerprint density at radius 2 is 1.85 bits per heavy atom. The standard InChI is InChI=1S/C10H15O3/c1-9(2)5-6(7(11)12)10(3,4)8(9)13/h5,8H,1-4H3,(H,11,12). The zero-order valence-electron chi connectivity index (χ0n) is 8.42. The minimum Gasteiger partial charge on any atom is -0.478 e. The van der Waals surface area contributed by atoms with Gasteiger partial charge in [0, 0.05) is 16.4 Å². The van der Waals surface area contributed by atoms with Gasteiger partial charge in [-0.15, -0.1) is 0 Å². The fourth-order valence-corrected chi connectivity index (χ4v) is 2.04. The fraction of sp³-hybridized carbons (Fsp3) is 0.700. The van der Waals surface area contributed by atoms with E-state index in [1.54, 1.807) is 33.8 Å². The van der Waals surface area contributed by atoms with Gasteiger partial charge < -0.3 is 5.11 Å². The van der Waals surface area contributed by atoms with Crippen LogP contribution >= 0.6 is 0 Å². The number of carboxylic acids is 1. The summed E-state index contributed by atoms with van der Waals surface area (Å²) in [5.41, 5.74) is -1.08. The Labute approximate surface area is 78.1 Å². The number of hydrogen-bond acceptors (Lipinski definition) is 1. The lowest BCUT2D eigenvalue weighted by atomic mass is 9.77. The molecule has 73 valence electrons. The fourth-order valence-electron chi connectivity index (χ4n) is 2.04. The maximum atomic E-state index is 11.8. The molecule has 0 heterocycles. The highest BCUT2D eigenvalue weighted by Crippen LogP contribution is 2.48. The van der Waals surface area contributed by atoms with Crippen LogP contribution in [0.4, 0.5) is 0 Å². The second kappa shape index (κ2) is 2.58. The normalized spacial score (nSPS) is 29.9. The summed E-state index contributed by atoms with van der Waals surface area (Å²) in [4.78, 5) is 10.8. The summed E-state index contributed by atoms with van der Waals surface area (Å²) in [6.07, 6.45) is 0.707. The van der Waals surface area contributed by atoms with Gasteiger partial charge >= 0.3 is 5.97 Å². The Morgan fingerprint density at radius 3 is 2.00 bits per heavy atom. The maximum Gasteiger partial charge on any atom is 0.331 e. The van der Waals surface area contributed by atoms with Gasteiger partial charge in [0.05, 0.1) is 0 Å². The lowest BCUT2D eigenvalue weighted by Crippen LogP contribution is -2.35. The van der Waals surface area contributed by atoms with E-state index in [9.17, 15) is 9.90 Å². The first kappa shape index (κ1) is 10.3. The van der Waals surface area contributed by atoms with E-state index < -0.39 is 22.9 Å². The van der Waals surface area contributed by atoms with Crippen LogP contribution in [0.5, 0.6) is 0 Å². The quantitative estimate of drug-likeness (QED) is 0.674. The molecule has 1 rings (SSSR count). The molecule has 0 aromatic carbocycles. The van der Waals surface area contributed by atoms with Crippen LogP contribution in [0.1, 0.15) is 27.7 Å². The summed E-state index contributed by atoms with van der Waals surface area (Å²) in [5, 5.41) is 20.7. The van der Waals surface area contributed by atoms with Crippen LogP contribution in [0.3, 0.4) is 0 Å². The zero-order chi connectivity index (χ0) is 10.4. The third-order valence-corrected chi connectivity index (χ3v) is 2.77. The molecule has 0 aliphatic heterocycles. The second-order valence-corrected chi connectivity index (χ2v) is 4.79. The van der Waals surface area contributed by atoms with Crippen molar-refractivity contribution in [2.45, 2.75) is 33.8 Å². The molecule has 0 aromatic rings. The summed E-state index contributed by atoms with van der Waals surface area (Å²) in [6, 6.07) is 0. The van der Waals surface area contributed by atoms with Crippen LogP contribution in [0.25, 0.3) is 0 Å². The van der Waals surface area contributed by atoms with Gasteiger partial charge in [0.2, 0.25) is 0 Å². The van der Waals surface area contributed by atoms with Crippen molar-refractivity contribution in [2.24, 2.45) is 10.8 Å². The van der Waals surface area contributed by atoms with E-state index >= 15 is 0 Å². The first-order chi connectivity index (χ1) is 5.69. The Hall–Kier alpha value is -0.830. The van der Waals surface area contributed by atoms with Crippen molar-refractivity contribution in [2.75, 3.05) is 0 Å². The van der Waals surface area contributed by atoms with E-state index in [-0.39, 0.29) is 5.57 Å². The van der Waals surface area contributed by atoms with Crippen LogP contribution in [0.15, 0.2) is 11.6 Å². The zero-order valence-corrected chi connectivity index (χ0v) is 8.42. The molecular formula is C10H15O3. The minimum atomic E-state index is -0.976. The Morgan fingerprint density at radius 1 is 1.38 bits per heavy atom. The summed E-state index contributed by atoms with van der Waals surface area (Å²) >= 11 is 0. The molecule has 0 fully saturated rings. The molecule has 1 radical (unpaired) electrons. The van der Waals surface area contributed by atoms with Crippen molar-refractivity contribution in [3.63, 3.8) is 0 Å². The number of aliphatic carboxylic acids is 1. The van der Waals surface area contributed by atoms with E-state index in [1.165, 1.54) is 0 Å². The molecule has 1 N–H and O–H groups in total. The van der Waals surface area contributed by atoms with Crippen LogP contribution in [-0.2, 0) is 9.90 Å². The number of rotatable bonds is 1. The van der Waals surface area contributed by atoms with Gasteiger partial charge in [-0.1, -0.05) is 33.8 Å². The van der Waals surface area contributed by atoms with Gasteiger partial charge in [0.15, 0.2) is 0 Å². The molecule has 0 bridgehead atoms. The SMILES string of the molecule is CC1(C)C=C(C(=O)O)C(C)(C)C1[O]. The molecule has 1 aliphatic carbocycles. The van der Waals surface area contributed by atoms with E-state index in [0.717, 1.165) is 0 Å². The molecule has 1 atom stereocenters. The first-order valence-corrected chi connectivity index (χ1v) is 4.32. The Kier molecular flexibility index (Phi) is 2.03. The molecule has 0 spiro atoms. The van der Waals surface area contributed by atoms with Crippen LogP contribution in [-0.4, -0.2) is 17.2 Å². The first-order valence-electron chi connectivity index (χ1n) is 4.32. The highest BCUT2D eigenvalue weighted by atomic mass is 16.4. The Bertz CT molecular complexity index is 274. The Balaban J connectivity index is 3.17. The third-order valence-electron chi connectivity index (χ3n) is 2.77. The monoisotopic (exact) mass is 183 g/mol. The molecule has 13 heavy (non-hydrogen) atoms. The minimum absolute atomic E-state index is 0.248. The average molecular weight is 183 g/mol. The van der Waals surface area contributed by atoms with Crippen LogP contribution < -0.4 is 0 Å². The largest absolute Gasteiger partial charge is 0.478 e. The van der Waals surface area contributed by atoms with Crippen molar-refractivity contribution >= 4 is 5.97 Å². The molecular weight excluding hydrogens is 168 g/mol. The molecule has 0 aromatic heterocycles. The van der Waals surface area contributed by atoms with Gasteiger partial charge in [0.1, 0.15) is 6.10 Å². The molecule has 3 nitrogen and oxygen atoms in total. The smallest absolute Gasteiger partial charge is 0.331 e. The van der Waals surface area contributed by atoms with E-state index in [0.29, 0.717) is 0 Å². The lowest BCUT2D eigenvalue weighted by Gasteiger charge is -2.29. The third kappa shape index (κ3) is 1.37. The second-order valence-electron chi connectivity index (χ2n) is 4.79. The topological polar surface area (TPSA) is 57.2 Å². The van der Waals surface area contributed by atoms with E-state index in [1.807, 2.05) is 0 Å². The molecule has 1 unspecified atom stereocenters. The van der Waals surface area contributed by atoms with Crippen LogP contribution in [0.2, 0.25) is 0 Å². The summed E-state index contributed by atoms with van der Waals surface area (Å²) in [5.74, 6) is -0.976. The van der Waals surface area contributed by atoms with Gasteiger partial charge in [-0.05, 0) is 0 Å².